The zero-order chi connectivity index (χ0) is 13.2. The number of carboxylic acid groups (broad SMARTS) is 1. The van der Waals surface area contributed by atoms with Crippen LogP contribution in [0.1, 0.15) is 51.4 Å². The van der Waals surface area contributed by atoms with E-state index in [1.54, 1.807) is 0 Å². The fraction of sp³-hybridized carbons (Fsp3) is 0.846. The molecule has 0 aliphatic heterocycles. The van der Waals surface area contributed by atoms with Gasteiger partial charge in [-0.3, -0.25) is 9.59 Å². The summed E-state index contributed by atoms with van der Waals surface area (Å²) in [6.45, 7) is -0.181. The van der Waals surface area contributed by atoms with E-state index in [1.807, 2.05) is 0 Å². The van der Waals surface area contributed by atoms with Crippen LogP contribution < -0.4 is 5.73 Å². The summed E-state index contributed by atoms with van der Waals surface area (Å²) in [4.78, 5) is 24.5. The number of nitrogens with two attached hydrogens (primary N) is 1. The predicted molar refractivity (Wildman–Crippen MR) is 67.0 cm³/mol. The molecule has 0 aromatic heterocycles. The molecular formula is C13H22N2O3. The molecule has 5 heteroatoms. The van der Waals surface area contributed by atoms with E-state index in [9.17, 15) is 9.59 Å². The summed E-state index contributed by atoms with van der Waals surface area (Å²) in [5.74, 6) is -1.02. The molecule has 5 nitrogen and oxygen atoms in total. The van der Waals surface area contributed by atoms with E-state index >= 15 is 0 Å². The van der Waals surface area contributed by atoms with Gasteiger partial charge in [0.1, 0.15) is 6.54 Å². The Hall–Kier alpha value is -1.10. The number of hydrogen-bond acceptors (Lipinski definition) is 3. The minimum Gasteiger partial charge on any atom is -0.480 e. The molecule has 0 aromatic rings. The minimum atomic E-state index is -0.940. The molecule has 2 rings (SSSR count). The van der Waals surface area contributed by atoms with Gasteiger partial charge in [-0.25, -0.2) is 0 Å². The molecule has 102 valence electrons. The SMILES string of the molecule is NC1(CC(=O)N(CC(=O)O)C2CC2)CCCCC1. The summed E-state index contributed by atoms with van der Waals surface area (Å²) in [6, 6.07) is 0.140. The summed E-state index contributed by atoms with van der Waals surface area (Å²) < 4.78 is 0. The van der Waals surface area contributed by atoms with Crippen molar-refractivity contribution in [2.75, 3.05) is 6.54 Å². The van der Waals surface area contributed by atoms with E-state index in [1.165, 1.54) is 11.3 Å². The Morgan fingerprint density at radius 3 is 2.33 bits per heavy atom. The lowest BCUT2D eigenvalue weighted by Gasteiger charge is -2.34. The third-order valence-corrected chi connectivity index (χ3v) is 3.97. The van der Waals surface area contributed by atoms with E-state index in [2.05, 4.69) is 0 Å². The molecule has 2 aliphatic carbocycles. The van der Waals surface area contributed by atoms with E-state index < -0.39 is 11.5 Å². The van der Waals surface area contributed by atoms with Crippen molar-refractivity contribution in [1.82, 2.24) is 4.90 Å². The summed E-state index contributed by atoms with van der Waals surface area (Å²) >= 11 is 0. The summed E-state index contributed by atoms with van der Waals surface area (Å²) in [7, 11) is 0. The van der Waals surface area contributed by atoms with Gasteiger partial charge in [0.15, 0.2) is 0 Å². The second kappa shape index (κ2) is 5.26. The fourth-order valence-corrected chi connectivity index (χ4v) is 2.79. The average molecular weight is 254 g/mol. The second-order valence-corrected chi connectivity index (χ2v) is 5.75. The van der Waals surface area contributed by atoms with Crippen molar-refractivity contribution in [3.8, 4) is 0 Å². The topological polar surface area (TPSA) is 83.6 Å². The highest BCUT2D eigenvalue weighted by Gasteiger charge is 2.37. The molecule has 0 saturated heterocycles. The van der Waals surface area contributed by atoms with Crippen LogP contribution in [0.5, 0.6) is 0 Å². The van der Waals surface area contributed by atoms with Crippen LogP contribution >= 0.6 is 0 Å². The molecule has 2 aliphatic rings. The fourth-order valence-electron chi connectivity index (χ4n) is 2.79. The first-order valence-corrected chi connectivity index (χ1v) is 6.80. The lowest BCUT2D eigenvalue weighted by Crippen LogP contribution is -2.48. The van der Waals surface area contributed by atoms with E-state index in [0.717, 1.165) is 38.5 Å². The number of rotatable bonds is 5. The normalized spacial score (nSPS) is 22.5. The van der Waals surface area contributed by atoms with Crippen molar-refractivity contribution < 1.29 is 14.7 Å². The van der Waals surface area contributed by atoms with Gasteiger partial charge >= 0.3 is 5.97 Å². The van der Waals surface area contributed by atoms with Gasteiger partial charge in [-0.1, -0.05) is 19.3 Å². The molecule has 0 aromatic carbocycles. The molecule has 0 unspecified atom stereocenters. The van der Waals surface area contributed by atoms with Gasteiger partial charge in [0.25, 0.3) is 0 Å². The highest BCUT2D eigenvalue weighted by Crippen LogP contribution is 2.32. The number of carbonyl (C=O) groups excluding carboxylic acids is 1. The van der Waals surface area contributed by atoms with Crippen molar-refractivity contribution in [3.63, 3.8) is 0 Å². The van der Waals surface area contributed by atoms with Crippen LogP contribution in [0.15, 0.2) is 0 Å². The maximum absolute atomic E-state index is 12.2. The van der Waals surface area contributed by atoms with E-state index in [4.69, 9.17) is 10.8 Å². The van der Waals surface area contributed by atoms with Gasteiger partial charge in [-0.15, -0.1) is 0 Å². The minimum absolute atomic E-state index is 0.0794. The Labute approximate surface area is 107 Å². The monoisotopic (exact) mass is 254 g/mol. The molecule has 2 saturated carbocycles. The number of nitrogens with zero attached hydrogens (tertiary/aromatic N) is 1. The molecule has 0 spiro atoms. The van der Waals surface area contributed by atoms with Gasteiger partial charge in [-0.05, 0) is 25.7 Å². The van der Waals surface area contributed by atoms with Gasteiger partial charge in [0.05, 0.1) is 0 Å². The Kier molecular flexibility index (Phi) is 3.90. The first kappa shape index (κ1) is 13.3. The number of hydrogen-bond donors (Lipinski definition) is 2. The first-order valence-electron chi connectivity index (χ1n) is 6.80. The van der Waals surface area contributed by atoms with Crippen molar-refractivity contribution >= 4 is 11.9 Å². The van der Waals surface area contributed by atoms with Gasteiger partial charge < -0.3 is 15.7 Å². The molecule has 2 fully saturated rings. The molecule has 0 heterocycles. The van der Waals surface area contributed by atoms with Crippen LogP contribution in [0.3, 0.4) is 0 Å². The largest absolute Gasteiger partial charge is 0.480 e. The number of carbonyl (C=O) groups is 2. The van der Waals surface area contributed by atoms with Gasteiger partial charge in [0.2, 0.25) is 5.91 Å². The van der Waals surface area contributed by atoms with Crippen LogP contribution in [0.25, 0.3) is 0 Å². The number of carboxylic acids is 1. The Morgan fingerprint density at radius 1 is 1.22 bits per heavy atom. The lowest BCUT2D eigenvalue weighted by molar-refractivity contribution is -0.145. The Balaban J connectivity index is 1.93. The van der Waals surface area contributed by atoms with E-state index in [0.29, 0.717) is 6.42 Å². The van der Waals surface area contributed by atoms with E-state index in [-0.39, 0.29) is 18.5 Å². The van der Waals surface area contributed by atoms with Crippen LogP contribution in [0.2, 0.25) is 0 Å². The van der Waals surface area contributed by atoms with Gasteiger partial charge in [-0.2, -0.15) is 0 Å². The zero-order valence-electron chi connectivity index (χ0n) is 10.7. The molecule has 18 heavy (non-hydrogen) atoms. The Bertz CT molecular complexity index is 333. The molecular weight excluding hydrogens is 232 g/mol. The van der Waals surface area contributed by atoms with Crippen molar-refractivity contribution in [1.29, 1.82) is 0 Å². The highest BCUT2D eigenvalue weighted by atomic mass is 16.4. The molecule has 1 amide bonds. The van der Waals surface area contributed by atoms with Crippen LogP contribution in [0, 0.1) is 0 Å². The van der Waals surface area contributed by atoms with Crippen LogP contribution in [0.4, 0.5) is 0 Å². The molecule has 3 N–H and O–H groups in total. The zero-order valence-corrected chi connectivity index (χ0v) is 10.7. The quantitative estimate of drug-likeness (QED) is 0.770. The average Bonchev–Trinajstić information content (AvgIpc) is 3.09. The van der Waals surface area contributed by atoms with Crippen molar-refractivity contribution in [2.24, 2.45) is 5.73 Å². The number of aliphatic carboxylic acids is 1. The first-order chi connectivity index (χ1) is 8.50. The molecule has 0 radical (unpaired) electrons. The predicted octanol–water partition coefficient (Wildman–Crippen LogP) is 1.11. The third kappa shape index (κ3) is 3.45. The second-order valence-electron chi connectivity index (χ2n) is 5.75. The van der Waals surface area contributed by atoms with Gasteiger partial charge in [0, 0.05) is 18.0 Å². The third-order valence-electron chi connectivity index (χ3n) is 3.97. The summed E-state index contributed by atoms with van der Waals surface area (Å²) in [5.41, 5.74) is 5.85. The van der Waals surface area contributed by atoms with Crippen molar-refractivity contribution in [3.05, 3.63) is 0 Å². The maximum atomic E-state index is 12.2. The summed E-state index contributed by atoms with van der Waals surface area (Å²) in [5, 5.41) is 8.85. The maximum Gasteiger partial charge on any atom is 0.323 e. The standard InChI is InChI=1S/C13H22N2O3/c14-13(6-2-1-3-7-13)8-11(16)15(9-12(17)18)10-4-5-10/h10H,1-9,14H2,(H,17,18). The summed E-state index contributed by atoms with van der Waals surface area (Å²) in [6.07, 6.45) is 7.26. The smallest absolute Gasteiger partial charge is 0.323 e. The van der Waals surface area contributed by atoms with Crippen LogP contribution in [-0.2, 0) is 9.59 Å². The Morgan fingerprint density at radius 2 is 1.83 bits per heavy atom. The van der Waals surface area contributed by atoms with Crippen LogP contribution in [-0.4, -0.2) is 40.0 Å². The molecule has 0 atom stereocenters. The lowest BCUT2D eigenvalue weighted by atomic mass is 9.80. The molecule has 0 bridgehead atoms. The highest BCUT2D eigenvalue weighted by molar-refractivity contribution is 5.82. The van der Waals surface area contributed by atoms with Crippen molar-refractivity contribution in [2.45, 2.75) is 62.9 Å². The number of amides is 1.